The molecule has 1 saturated heterocycles. The maximum atomic E-state index is 12.3. The van der Waals surface area contributed by atoms with Gasteiger partial charge < -0.3 is 24.7 Å². The van der Waals surface area contributed by atoms with Gasteiger partial charge in [-0.15, -0.1) is 11.8 Å². The fourth-order valence-corrected chi connectivity index (χ4v) is 3.95. The van der Waals surface area contributed by atoms with Crippen molar-refractivity contribution in [3.8, 4) is 0 Å². The summed E-state index contributed by atoms with van der Waals surface area (Å²) < 4.78 is 10.0. The van der Waals surface area contributed by atoms with Crippen LogP contribution in [0.15, 0.2) is 34.1 Å². The molecule has 0 aromatic carbocycles. The van der Waals surface area contributed by atoms with Gasteiger partial charge in [-0.05, 0) is 17.7 Å². The molecule has 26 heavy (non-hydrogen) atoms. The number of thioether (sulfide) groups is 1. The Kier molecular flexibility index (Phi) is 5.00. The zero-order chi connectivity index (χ0) is 18.8. The number of ether oxygens (including phenoxy) is 1. The second-order valence-electron chi connectivity index (χ2n) is 5.47. The normalized spacial score (nSPS) is 21.7. The first-order chi connectivity index (χ1) is 12.4. The number of nitrogens with one attached hydrogen (secondary N) is 2. The quantitative estimate of drug-likeness (QED) is 0.303. The maximum Gasteiger partial charge on any atom is 0.352 e. The van der Waals surface area contributed by atoms with Gasteiger partial charge in [0.15, 0.2) is 0 Å². The van der Waals surface area contributed by atoms with Crippen LogP contribution in [-0.2, 0) is 25.7 Å². The first-order valence-corrected chi connectivity index (χ1v) is 8.54. The van der Waals surface area contributed by atoms with Gasteiger partial charge in [-0.3, -0.25) is 19.9 Å². The average Bonchev–Trinajstić information content (AvgIpc) is 3.15. The van der Waals surface area contributed by atoms with Crippen LogP contribution < -0.4 is 5.32 Å². The van der Waals surface area contributed by atoms with Crippen molar-refractivity contribution in [3.05, 3.63) is 35.4 Å². The van der Waals surface area contributed by atoms with Crippen molar-refractivity contribution in [1.82, 2.24) is 10.2 Å². The van der Waals surface area contributed by atoms with Crippen LogP contribution in [0.2, 0.25) is 0 Å². The van der Waals surface area contributed by atoms with Crippen LogP contribution >= 0.6 is 11.8 Å². The number of β-lactam (4-membered cyclic amide) rings is 1. The van der Waals surface area contributed by atoms with Crippen molar-refractivity contribution in [3.63, 3.8) is 0 Å². The Balaban J connectivity index is 1.61. The van der Waals surface area contributed by atoms with Gasteiger partial charge in [0.25, 0.3) is 11.8 Å². The molecule has 138 valence electrons. The molecule has 2 unspecified atom stereocenters. The third kappa shape index (κ3) is 3.18. The lowest BCUT2D eigenvalue weighted by Crippen LogP contribution is -2.71. The van der Waals surface area contributed by atoms with Crippen LogP contribution in [0.1, 0.15) is 5.76 Å². The molecule has 11 heteroatoms. The van der Waals surface area contributed by atoms with E-state index in [9.17, 15) is 24.6 Å². The number of carboxylic acids is 1. The monoisotopic (exact) mass is 381 g/mol. The van der Waals surface area contributed by atoms with Crippen LogP contribution in [0.5, 0.6) is 0 Å². The van der Waals surface area contributed by atoms with Crippen molar-refractivity contribution in [1.29, 1.82) is 5.41 Å². The van der Waals surface area contributed by atoms with E-state index in [-0.39, 0.29) is 23.6 Å². The number of carbonyl (C=O) groups is 3. The molecule has 4 N–H and O–H groups in total. The number of hydrogen-bond acceptors (Lipinski definition) is 8. The minimum absolute atomic E-state index is 0.103. The van der Waals surface area contributed by atoms with Crippen molar-refractivity contribution in [2.75, 3.05) is 12.4 Å². The maximum absolute atomic E-state index is 12.3. The van der Waals surface area contributed by atoms with Gasteiger partial charge >= 0.3 is 11.9 Å². The first-order valence-electron chi connectivity index (χ1n) is 7.49. The van der Waals surface area contributed by atoms with Crippen LogP contribution in [0, 0.1) is 5.41 Å². The van der Waals surface area contributed by atoms with Crippen molar-refractivity contribution in [2.45, 2.75) is 18.0 Å². The fourth-order valence-electron chi connectivity index (χ4n) is 2.62. The van der Waals surface area contributed by atoms with Crippen molar-refractivity contribution in [2.24, 2.45) is 0 Å². The zero-order valence-electron chi connectivity index (χ0n) is 13.3. The van der Waals surface area contributed by atoms with E-state index in [0.717, 1.165) is 4.90 Å². The first kappa shape index (κ1) is 18.0. The lowest BCUT2D eigenvalue weighted by atomic mass is 10.0. The number of aliphatic hydroxyl groups excluding tert-OH is 1. The number of furan rings is 1. The molecule has 10 nitrogen and oxygen atoms in total. The molecule has 2 aliphatic heterocycles. The van der Waals surface area contributed by atoms with Crippen LogP contribution in [0.3, 0.4) is 0 Å². The predicted molar refractivity (Wildman–Crippen MR) is 88.0 cm³/mol. The molecule has 0 bridgehead atoms. The van der Waals surface area contributed by atoms with Gasteiger partial charge in [0.05, 0.1) is 12.9 Å². The summed E-state index contributed by atoms with van der Waals surface area (Å²) in [5.41, 5.74) is -0.0118. The van der Waals surface area contributed by atoms with E-state index >= 15 is 0 Å². The van der Waals surface area contributed by atoms with E-state index in [1.165, 1.54) is 18.0 Å². The van der Waals surface area contributed by atoms with Gasteiger partial charge in [0, 0.05) is 5.75 Å². The minimum Gasteiger partial charge on any atom is -0.477 e. The van der Waals surface area contributed by atoms with Crippen LogP contribution in [0.4, 0.5) is 0 Å². The number of fused-ring (bicyclic) bond motifs is 1. The van der Waals surface area contributed by atoms with E-state index in [4.69, 9.17) is 14.6 Å². The Labute approximate surface area is 151 Å². The predicted octanol–water partition coefficient (Wildman–Crippen LogP) is -0.496. The number of rotatable bonds is 5. The molecule has 2 atom stereocenters. The van der Waals surface area contributed by atoms with E-state index < -0.39 is 41.7 Å². The summed E-state index contributed by atoms with van der Waals surface area (Å²) in [6.07, 6.45) is 1.43. The Morgan fingerprint density at radius 2 is 2.27 bits per heavy atom. The largest absolute Gasteiger partial charge is 0.477 e. The smallest absolute Gasteiger partial charge is 0.352 e. The lowest BCUT2D eigenvalue weighted by Gasteiger charge is -2.49. The van der Waals surface area contributed by atoms with Crippen LogP contribution in [-0.4, -0.2) is 62.6 Å². The summed E-state index contributed by atoms with van der Waals surface area (Å²) in [4.78, 5) is 36.7. The summed E-state index contributed by atoms with van der Waals surface area (Å²) in [5.74, 6) is -2.83. The SMILES string of the molecule is N=C(OCc1ccco1)C(=O)NC1C(=O)N2C(C(=O)O)=C(CO)CSC12. The molecule has 0 radical (unpaired) electrons. The highest BCUT2D eigenvalue weighted by Gasteiger charge is 2.54. The number of aliphatic carboxylic acids is 1. The highest BCUT2D eigenvalue weighted by atomic mass is 32.2. The summed E-state index contributed by atoms with van der Waals surface area (Å²) in [6.45, 7) is -0.568. The number of carboxylic acid groups (broad SMARTS) is 1. The second-order valence-corrected chi connectivity index (χ2v) is 6.58. The molecule has 0 spiro atoms. The standard InChI is InChI=1S/C15H15N3O7S/c16-11(25-5-8-2-1-3-24-8)12(20)17-9-13(21)18-10(15(22)23)7(4-19)6-26-14(9)18/h1-3,9,14,16,19H,4-6H2,(H,17,20)(H,22,23). The Hall–Kier alpha value is -2.79. The van der Waals surface area contributed by atoms with Gasteiger partial charge in [-0.1, -0.05) is 0 Å². The van der Waals surface area contributed by atoms with Gasteiger partial charge in [-0.25, -0.2) is 4.79 Å². The van der Waals surface area contributed by atoms with E-state index in [0.29, 0.717) is 5.76 Å². The molecule has 3 heterocycles. The molecular weight excluding hydrogens is 366 g/mol. The highest BCUT2D eigenvalue weighted by molar-refractivity contribution is 8.00. The molecular formula is C15H15N3O7S. The molecule has 2 amide bonds. The number of carbonyl (C=O) groups excluding carboxylic acids is 2. The molecule has 0 saturated carbocycles. The molecule has 3 rings (SSSR count). The van der Waals surface area contributed by atoms with E-state index in [1.807, 2.05) is 0 Å². The summed E-state index contributed by atoms with van der Waals surface area (Å²) in [6, 6.07) is 2.29. The van der Waals surface area contributed by atoms with E-state index in [2.05, 4.69) is 5.32 Å². The van der Waals surface area contributed by atoms with E-state index in [1.54, 1.807) is 12.1 Å². The van der Waals surface area contributed by atoms with Gasteiger partial charge in [0.1, 0.15) is 29.5 Å². The third-order valence-electron chi connectivity index (χ3n) is 3.87. The summed E-state index contributed by atoms with van der Waals surface area (Å²) in [7, 11) is 0. The molecule has 1 fully saturated rings. The third-order valence-corrected chi connectivity index (χ3v) is 5.21. The average molecular weight is 381 g/mol. The molecule has 1 aromatic heterocycles. The lowest BCUT2D eigenvalue weighted by molar-refractivity contribution is -0.150. The number of hydrogen-bond donors (Lipinski definition) is 4. The zero-order valence-corrected chi connectivity index (χ0v) is 14.1. The Bertz CT molecular complexity index is 789. The number of nitrogens with zero attached hydrogens (tertiary/aromatic N) is 1. The number of aliphatic hydroxyl groups is 1. The topological polar surface area (TPSA) is 153 Å². The fraction of sp³-hybridized carbons (Fsp3) is 0.333. The summed E-state index contributed by atoms with van der Waals surface area (Å²) in [5, 5.41) is 27.9. The van der Waals surface area contributed by atoms with Gasteiger partial charge in [-0.2, -0.15) is 0 Å². The van der Waals surface area contributed by atoms with Crippen LogP contribution in [0.25, 0.3) is 0 Å². The molecule has 2 aliphatic rings. The Morgan fingerprint density at radius 3 is 2.88 bits per heavy atom. The highest BCUT2D eigenvalue weighted by Crippen LogP contribution is 2.40. The van der Waals surface area contributed by atoms with Crippen molar-refractivity contribution < 1.29 is 33.8 Å². The number of amides is 2. The molecule has 0 aliphatic carbocycles. The van der Waals surface area contributed by atoms with Crippen molar-refractivity contribution >= 4 is 35.4 Å². The van der Waals surface area contributed by atoms with Gasteiger partial charge in [0.2, 0.25) is 0 Å². The summed E-state index contributed by atoms with van der Waals surface area (Å²) >= 11 is 1.23. The minimum atomic E-state index is -1.31. The molecule has 1 aromatic rings. The Morgan fingerprint density at radius 1 is 1.50 bits per heavy atom. The second kappa shape index (κ2) is 7.22.